The number of rotatable bonds is 5. The summed E-state index contributed by atoms with van der Waals surface area (Å²) in [6, 6.07) is 3.21. The summed E-state index contributed by atoms with van der Waals surface area (Å²) in [6.07, 6.45) is 1.18. The summed E-state index contributed by atoms with van der Waals surface area (Å²) < 4.78 is 37.0. The van der Waals surface area contributed by atoms with Crippen molar-refractivity contribution >= 4 is 5.78 Å². The molecule has 0 amide bonds. The van der Waals surface area contributed by atoms with E-state index < -0.39 is 11.6 Å². The molecule has 0 aliphatic carbocycles. The SMILES string of the molecule is CC1(C)COC(CCCC(=O)c2ccc(F)c(F)c2)OC1. The van der Waals surface area contributed by atoms with Crippen molar-refractivity contribution in [1.29, 1.82) is 0 Å². The highest BCUT2D eigenvalue weighted by Gasteiger charge is 2.28. The van der Waals surface area contributed by atoms with Crippen LogP contribution in [0, 0.1) is 17.0 Å². The van der Waals surface area contributed by atoms with E-state index in [-0.39, 0.29) is 29.5 Å². The van der Waals surface area contributed by atoms with E-state index in [0.717, 1.165) is 12.1 Å². The molecule has 1 aliphatic rings. The molecule has 0 aromatic heterocycles. The van der Waals surface area contributed by atoms with Crippen LogP contribution in [0.3, 0.4) is 0 Å². The van der Waals surface area contributed by atoms with Crippen molar-refractivity contribution in [2.24, 2.45) is 5.41 Å². The van der Waals surface area contributed by atoms with E-state index in [1.54, 1.807) is 0 Å². The number of hydrogen-bond donors (Lipinski definition) is 0. The lowest BCUT2D eigenvalue weighted by atomic mass is 9.95. The van der Waals surface area contributed by atoms with Crippen molar-refractivity contribution in [2.45, 2.75) is 39.4 Å². The zero-order valence-corrected chi connectivity index (χ0v) is 12.3. The highest BCUT2D eigenvalue weighted by atomic mass is 19.2. The molecule has 0 atom stereocenters. The lowest BCUT2D eigenvalue weighted by molar-refractivity contribution is -0.223. The van der Waals surface area contributed by atoms with Crippen LogP contribution in [0.15, 0.2) is 18.2 Å². The molecule has 5 heteroatoms. The number of ketones is 1. The van der Waals surface area contributed by atoms with Gasteiger partial charge in [-0.05, 0) is 31.0 Å². The summed E-state index contributed by atoms with van der Waals surface area (Å²) in [5.41, 5.74) is 0.221. The quantitative estimate of drug-likeness (QED) is 0.777. The fourth-order valence-electron chi connectivity index (χ4n) is 2.14. The molecule has 0 radical (unpaired) electrons. The summed E-state index contributed by atoms with van der Waals surface area (Å²) in [4.78, 5) is 11.9. The van der Waals surface area contributed by atoms with Gasteiger partial charge < -0.3 is 9.47 Å². The van der Waals surface area contributed by atoms with E-state index in [4.69, 9.17) is 9.47 Å². The van der Waals surface area contributed by atoms with Crippen molar-refractivity contribution < 1.29 is 23.0 Å². The van der Waals surface area contributed by atoms with Gasteiger partial charge in [-0.15, -0.1) is 0 Å². The van der Waals surface area contributed by atoms with Crippen LogP contribution in [0.1, 0.15) is 43.5 Å². The third-order valence-electron chi connectivity index (χ3n) is 3.41. The molecule has 21 heavy (non-hydrogen) atoms. The minimum absolute atomic E-state index is 0.0258. The van der Waals surface area contributed by atoms with E-state index >= 15 is 0 Å². The predicted molar refractivity (Wildman–Crippen MR) is 74.0 cm³/mol. The molecule has 116 valence electrons. The second-order valence-corrected chi connectivity index (χ2v) is 6.16. The van der Waals surface area contributed by atoms with Gasteiger partial charge in [0.15, 0.2) is 23.7 Å². The largest absolute Gasteiger partial charge is 0.352 e. The Morgan fingerprint density at radius 3 is 2.52 bits per heavy atom. The minimum atomic E-state index is -0.998. The molecule has 0 N–H and O–H groups in total. The first-order chi connectivity index (χ1) is 9.87. The molecule has 1 aromatic rings. The lowest BCUT2D eigenvalue weighted by Crippen LogP contribution is -2.37. The first kappa shape index (κ1) is 16.0. The highest BCUT2D eigenvalue weighted by molar-refractivity contribution is 5.95. The van der Waals surface area contributed by atoms with Gasteiger partial charge in [0, 0.05) is 17.4 Å². The number of benzene rings is 1. The van der Waals surface area contributed by atoms with Gasteiger partial charge in [-0.25, -0.2) is 8.78 Å². The maximum atomic E-state index is 13.1. The maximum Gasteiger partial charge on any atom is 0.162 e. The summed E-state index contributed by atoms with van der Waals surface area (Å²) in [5, 5.41) is 0. The van der Waals surface area contributed by atoms with Gasteiger partial charge in [0.2, 0.25) is 0 Å². The Hall–Kier alpha value is -1.33. The Labute approximate surface area is 123 Å². The molecule has 0 spiro atoms. The number of carbonyl (C=O) groups is 1. The Bertz CT molecular complexity index is 504. The Morgan fingerprint density at radius 1 is 1.24 bits per heavy atom. The van der Waals surface area contributed by atoms with Gasteiger partial charge in [-0.2, -0.15) is 0 Å². The van der Waals surface area contributed by atoms with E-state index in [9.17, 15) is 13.6 Å². The molecular weight excluding hydrogens is 278 g/mol. The van der Waals surface area contributed by atoms with Gasteiger partial charge in [0.1, 0.15) is 0 Å². The summed E-state index contributed by atoms with van der Waals surface area (Å²) in [5.74, 6) is -2.15. The molecule has 1 fully saturated rings. The second kappa shape index (κ2) is 6.62. The average Bonchev–Trinajstić information content (AvgIpc) is 2.43. The maximum absolute atomic E-state index is 13.1. The van der Waals surface area contributed by atoms with Crippen molar-refractivity contribution in [3.8, 4) is 0 Å². The van der Waals surface area contributed by atoms with Gasteiger partial charge in [-0.3, -0.25) is 4.79 Å². The third-order valence-corrected chi connectivity index (χ3v) is 3.41. The zero-order valence-electron chi connectivity index (χ0n) is 12.3. The molecule has 0 unspecified atom stereocenters. The molecule has 1 aliphatic heterocycles. The topological polar surface area (TPSA) is 35.5 Å². The number of hydrogen-bond acceptors (Lipinski definition) is 3. The van der Waals surface area contributed by atoms with E-state index in [2.05, 4.69) is 13.8 Å². The van der Waals surface area contributed by atoms with Crippen LogP contribution in [-0.4, -0.2) is 25.3 Å². The molecule has 0 bridgehead atoms. The van der Waals surface area contributed by atoms with Crippen molar-refractivity contribution in [1.82, 2.24) is 0 Å². The predicted octanol–water partition coefficient (Wildman–Crippen LogP) is 3.72. The molecule has 3 nitrogen and oxygen atoms in total. The highest BCUT2D eigenvalue weighted by Crippen LogP contribution is 2.25. The Balaban J connectivity index is 1.76. The monoisotopic (exact) mass is 298 g/mol. The number of halogens is 2. The smallest absolute Gasteiger partial charge is 0.162 e. The second-order valence-electron chi connectivity index (χ2n) is 6.16. The van der Waals surface area contributed by atoms with Gasteiger partial charge in [0.25, 0.3) is 0 Å². The number of carbonyl (C=O) groups excluding carboxylic acids is 1. The molecule has 2 rings (SSSR count). The Morgan fingerprint density at radius 2 is 1.90 bits per heavy atom. The van der Waals surface area contributed by atoms with Crippen LogP contribution >= 0.6 is 0 Å². The zero-order chi connectivity index (χ0) is 15.5. The van der Waals surface area contributed by atoms with E-state index in [1.807, 2.05) is 0 Å². The van der Waals surface area contributed by atoms with Crippen molar-refractivity contribution in [2.75, 3.05) is 13.2 Å². The van der Waals surface area contributed by atoms with Crippen LogP contribution in [-0.2, 0) is 9.47 Å². The standard InChI is InChI=1S/C16H20F2O3/c1-16(2)9-20-15(21-10-16)5-3-4-14(19)11-6-7-12(17)13(18)8-11/h6-8,15H,3-5,9-10H2,1-2H3. The number of Topliss-reactive ketones (excluding diaryl/α,β-unsaturated/α-hetero) is 1. The van der Waals surface area contributed by atoms with Gasteiger partial charge in [-0.1, -0.05) is 13.8 Å². The summed E-state index contributed by atoms with van der Waals surface area (Å²) in [6.45, 7) is 5.40. The minimum Gasteiger partial charge on any atom is -0.352 e. The van der Waals surface area contributed by atoms with Crippen molar-refractivity contribution in [3.05, 3.63) is 35.4 Å². The molecule has 0 saturated carbocycles. The van der Waals surface area contributed by atoms with Crippen LogP contribution in [0.2, 0.25) is 0 Å². The number of ether oxygens (including phenoxy) is 2. The first-order valence-electron chi connectivity index (χ1n) is 7.09. The third kappa shape index (κ3) is 4.58. The van der Waals surface area contributed by atoms with Crippen molar-refractivity contribution in [3.63, 3.8) is 0 Å². The van der Waals surface area contributed by atoms with Gasteiger partial charge >= 0.3 is 0 Å². The van der Waals surface area contributed by atoms with E-state index in [0.29, 0.717) is 26.1 Å². The normalized spacial score (nSPS) is 18.7. The van der Waals surface area contributed by atoms with Crippen LogP contribution in [0.5, 0.6) is 0 Å². The molecule has 1 aromatic carbocycles. The van der Waals surface area contributed by atoms with E-state index in [1.165, 1.54) is 6.07 Å². The van der Waals surface area contributed by atoms with Crippen LogP contribution in [0.25, 0.3) is 0 Å². The molecule has 1 saturated heterocycles. The fourth-order valence-corrected chi connectivity index (χ4v) is 2.14. The lowest BCUT2D eigenvalue weighted by Gasteiger charge is -2.34. The Kier molecular flexibility index (Phi) is 5.06. The average molecular weight is 298 g/mol. The van der Waals surface area contributed by atoms with Crippen LogP contribution < -0.4 is 0 Å². The fraction of sp³-hybridized carbons (Fsp3) is 0.562. The van der Waals surface area contributed by atoms with Crippen LogP contribution in [0.4, 0.5) is 8.78 Å². The summed E-state index contributed by atoms with van der Waals surface area (Å²) >= 11 is 0. The van der Waals surface area contributed by atoms with Gasteiger partial charge in [0.05, 0.1) is 13.2 Å². The molecular formula is C16H20F2O3. The summed E-state index contributed by atoms with van der Waals surface area (Å²) in [7, 11) is 0. The molecule has 1 heterocycles. The first-order valence-corrected chi connectivity index (χ1v) is 7.09.